The monoisotopic (exact) mass is 249 g/mol. The third-order valence-corrected chi connectivity index (χ3v) is 2.86. The van der Waals surface area contributed by atoms with Crippen molar-refractivity contribution in [1.29, 1.82) is 0 Å². The highest BCUT2D eigenvalue weighted by Gasteiger charge is 2.05. The molecule has 2 N–H and O–H groups in total. The van der Waals surface area contributed by atoms with Gasteiger partial charge in [0.1, 0.15) is 0 Å². The smallest absolute Gasteiger partial charge is 0.222 e. The number of carbonyl (C=O) groups is 1. The van der Waals surface area contributed by atoms with Crippen molar-refractivity contribution < 1.29 is 4.79 Å². The summed E-state index contributed by atoms with van der Waals surface area (Å²) in [5.41, 5.74) is 7.67. The lowest BCUT2D eigenvalue weighted by Gasteiger charge is -2.17. The lowest BCUT2D eigenvalue weighted by atomic mass is 10.2. The Hall–Kier alpha value is -1.55. The fourth-order valence-electron chi connectivity index (χ4n) is 1.74. The van der Waals surface area contributed by atoms with Gasteiger partial charge in [-0.25, -0.2) is 0 Å². The zero-order valence-electron chi connectivity index (χ0n) is 11.5. The SMILES string of the molecule is CN(CCCC(=O)N(C)C)Cc1ccc(N)cc1. The van der Waals surface area contributed by atoms with Crippen LogP contribution < -0.4 is 5.73 Å². The largest absolute Gasteiger partial charge is 0.399 e. The van der Waals surface area contributed by atoms with Crippen molar-refractivity contribution in [2.75, 3.05) is 33.4 Å². The lowest BCUT2D eigenvalue weighted by Crippen LogP contribution is -2.24. The molecule has 1 amide bonds. The molecule has 0 aliphatic rings. The van der Waals surface area contributed by atoms with Gasteiger partial charge in [0.05, 0.1) is 0 Å². The van der Waals surface area contributed by atoms with Crippen molar-refractivity contribution in [2.45, 2.75) is 19.4 Å². The van der Waals surface area contributed by atoms with Crippen LogP contribution in [0.4, 0.5) is 5.69 Å². The summed E-state index contributed by atoms with van der Waals surface area (Å²) in [5, 5.41) is 0. The molecule has 0 heterocycles. The quantitative estimate of drug-likeness (QED) is 0.779. The Labute approximate surface area is 109 Å². The van der Waals surface area contributed by atoms with E-state index >= 15 is 0 Å². The van der Waals surface area contributed by atoms with Crippen molar-refractivity contribution in [3.8, 4) is 0 Å². The molecule has 0 aliphatic carbocycles. The summed E-state index contributed by atoms with van der Waals surface area (Å²) in [6.45, 7) is 1.81. The van der Waals surface area contributed by atoms with Crippen LogP contribution in [0.15, 0.2) is 24.3 Å². The van der Waals surface area contributed by atoms with E-state index in [-0.39, 0.29) is 5.91 Å². The van der Waals surface area contributed by atoms with Gasteiger partial charge in [-0.3, -0.25) is 4.79 Å². The van der Waals surface area contributed by atoms with Gasteiger partial charge >= 0.3 is 0 Å². The van der Waals surface area contributed by atoms with E-state index in [1.165, 1.54) is 5.56 Å². The number of nitrogens with zero attached hydrogens (tertiary/aromatic N) is 2. The number of hydrogen-bond acceptors (Lipinski definition) is 3. The van der Waals surface area contributed by atoms with E-state index in [1.807, 2.05) is 24.3 Å². The second-order valence-electron chi connectivity index (χ2n) is 4.87. The molecule has 0 saturated carbocycles. The van der Waals surface area contributed by atoms with Gasteiger partial charge in [-0.2, -0.15) is 0 Å². The zero-order chi connectivity index (χ0) is 13.5. The normalized spacial score (nSPS) is 10.7. The van der Waals surface area contributed by atoms with E-state index in [0.29, 0.717) is 6.42 Å². The predicted molar refractivity (Wildman–Crippen MR) is 75.1 cm³/mol. The molecule has 0 bridgehead atoms. The van der Waals surface area contributed by atoms with Crippen LogP contribution in [0.1, 0.15) is 18.4 Å². The van der Waals surface area contributed by atoms with Crippen LogP contribution in [0, 0.1) is 0 Å². The molecule has 4 nitrogen and oxygen atoms in total. The summed E-state index contributed by atoms with van der Waals surface area (Å²) >= 11 is 0. The number of benzene rings is 1. The molecule has 0 unspecified atom stereocenters. The highest BCUT2D eigenvalue weighted by atomic mass is 16.2. The second kappa shape index (κ2) is 7.01. The van der Waals surface area contributed by atoms with Gasteiger partial charge < -0.3 is 15.5 Å². The van der Waals surface area contributed by atoms with Crippen LogP contribution in [0.25, 0.3) is 0 Å². The Bertz CT molecular complexity index is 373. The molecular weight excluding hydrogens is 226 g/mol. The number of rotatable bonds is 6. The second-order valence-corrected chi connectivity index (χ2v) is 4.87. The predicted octanol–water partition coefficient (Wildman–Crippen LogP) is 1.57. The number of nitrogens with two attached hydrogens (primary N) is 1. The van der Waals surface area contributed by atoms with Crippen molar-refractivity contribution >= 4 is 11.6 Å². The molecule has 1 aromatic rings. The topological polar surface area (TPSA) is 49.6 Å². The maximum absolute atomic E-state index is 11.4. The molecule has 0 aromatic heterocycles. The van der Waals surface area contributed by atoms with E-state index in [4.69, 9.17) is 5.73 Å². The van der Waals surface area contributed by atoms with Gasteiger partial charge in [0.2, 0.25) is 5.91 Å². The van der Waals surface area contributed by atoms with E-state index < -0.39 is 0 Å². The minimum atomic E-state index is 0.191. The third-order valence-electron chi connectivity index (χ3n) is 2.86. The fourth-order valence-corrected chi connectivity index (χ4v) is 1.74. The molecule has 100 valence electrons. The number of amides is 1. The number of hydrogen-bond donors (Lipinski definition) is 1. The average Bonchev–Trinajstić information content (AvgIpc) is 2.32. The maximum Gasteiger partial charge on any atom is 0.222 e. The third kappa shape index (κ3) is 5.19. The lowest BCUT2D eigenvalue weighted by molar-refractivity contribution is -0.128. The summed E-state index contributed by atoms with van der Waals surface area (Å²) in [7, 11) is 5.65. The number of anilines is 1. The first kappa shape index (κ1) is 14.5. The molecular formula is C14H23N3O. The van der Waals surface area contributed by atoms with Gasteiger partial charge in [0.15, 0.2) is 0 Å². The minimum absolute atomic E-state index is 0.191. The molecule has 18 heavy (non-hydrogen) atoms. The molecule has 0 saturated heterocycles. The van der Waals surface area contributed by atoms with E-state index in [2.05, 4.69) is 11.9 Å². The molecule has 1 aromatic carbocycles. The van der Waals surface area contributed by atoms with Gasteiger partial charge in [0.25, 0.3) is 0 Å². The van der Waals surface area contributed by atoms with Gasteiger partial charge in [-0.15, -0.1) is 0 Å². The number of nitrogen functional groups attached to an aromatic ring is 1. The maximum atomic E-state index is 11.4. The zero-order valence-corrected chi connectivity index (χ0v) is 11.5. The van der Waals surface area contributed by atoms with Crippen molar-refractivity contribution in [3.63, 3.8) is 0 Å². The van der Waals surface area contributed by atoms with Gasteiger partial charge in [0, 0.05) is 32.7 Å². The highest BCUT2D eigenvalue weighted by molar-refractivity contribution is 5.75. The first-order valence-electron chi connectivity index (χ1n) is 6.22. The van der Waals surface area contributed by atoms with Crippen LogP contribution in [-0.2, 0) is 11.3 Å². The van der Waals surface area contributed by atoms with Crippen molar-refractivity contribution in [3.05, 3.63) is 29.8 Å². The summed E-state index contributed by atoms with van der Waals surface area (Å²) < 4.78 is 0. The van der Waals surface area contributed by atoms with Gasteiger partial charge in [-0.1, -0.05) is 12.1 Å². The standard InChI is InChI=1S/C14H23N3O/c1-16(2)14(18)5-4-10-17(3)11-12-6-8-13(15)9-7-12/h6-9H,4-5,10-11,15H2,1-3H3. The Morgan fingerprint density at radius 2 is 1.78 bits per heavy atom. The Morgan fingerprint density at radius 3 is 2.33 bits per heavy atom. The molecule has 1 rings (SSSR count). The van der Waals surface area contributed by atoms with Gasteiger partial charge in [-0.05, 0) is 37.7 Å². The molecule has 0 fully saturated rings. The van der Waals surface area contributed by atoms with E-state index in [9.17, 15) is 4.79 Å². The summed E-state index contributed by atoms with van der Waals surface area (Å²) in [6.07, 6.45) is 1.50. The Balaban J connectivity index is 2.27. The fraction of sp³-hybridized carbons (Fsp3) is 0.500. The first-order valence-corrected chi connectivity index (χ1v) is 6.22. The van der Waals surface area contributed by atoms with Crippen molar-refractivity contribution in [1.82, 2.24) is 9.80 Å². The molecule has 0 radical (unpaired) electrons. The van der Waals surface area contributed by atoms with Crippen molar-refractivity contribution in [2.24, 2.45) is 0 Å². The first-order chi connectivity index (χ1) is 8.49. The Morgan fingerprint density at radius 1 is 1.17 bits per heavy atom. The van der Waals surface area contributed by atoms with Crippen LogP contribution in [0.2, 0.25) is 0 Å². The summed E-state index contributed by atoms with van der Waals surface area (Å²) in [6, 6.07) is 7.91. The molecule has 0 atom stereocenters. The summed E-state index contributed by atoms with van der Waals surface area (Å²) in [4.78, 5) is 15.3. The minimum Gasteiger partial charge on any atom is -0.399 e. The van der Waals surface area contributed by atoms with Crippen LogP contribution in [-0.4, -0.2) is 43.4 Å². The molecule has 0 spiro atoms. The molecule has 4 heteroatoms. The summed E-state index contributed by atoms with van der Waals surface area (Å²) in [5.74, 6) is 0.191. The van der Waals surface area contributed by atoms with Crippen LogP contribution >= 0.6 is 0 Å². The number of carbonyl (C=O) groups excluding carboxylic acids is 1. The Kier molecular flexibility index (Phi) is 5.65. The highest BCUT2D eigenvalue weighted by Crippen LogP contribution is 2.08. The van der Waals surface area contributed by atoms with E-state index in [0.717, 1.165) is 25.2 Å². The van der Waals surface area contributed by atoms with Crippen LogP contribution in [0.5, 0.6) is 0 Å². The van der Waals surface area contributed by atoms with Crippen LogP contribution in [0.3, 0.4) is 0 Å². The van der Waals surface area contributed by atoms with E-state index in [1.54, 1.807) is 19.0 Å². The molecule has 0 aliphatic heterocycles. The average molecular weight is 249 g/mol.